The average Bonchev–Trinajstić information content (AvgIpc) is 2.70. The van der Waals surface area contributed by atoms with Crippen molar-refractivity contribution in [1.82, 2.24) is 4.57 Å². The molecule has 1 aliphatic rings. The van der Waals surface area contributed by atoms with Crippen LogP contribution in [-0.4, -0.2) is 24.2 Å². The van der Waals surface area contributed by atoms with Crippen molar-refractivity contribution in [2.75, 3.05) is 13.7 Å². The summed E-state index contributed by atoms with van der Waals surface area (Å²) in [6.45, 7) is 10.0. The fourth-order valence-corrected chi connectivity index (χ4v) is 4.47. The maximum Gasteiger partial charge on any atom is 0.251 e. The van der Waals surface area contributed by atoms with Crippen LogP contribution in [0.2, 0.25) is 0 Å². The highest BCUT2D eigenvalue weighted by atomic mass is 32.1. The molecule has 0 spiro atoms. The van der Waals surface area contributed by atoms with E-state index < -0.39 is 0 Å². The first-order chi connectivity index (χ1) is 10.4. The van der Waals surface area contributed by atoms with Crippen molar-refractivity contribution >= 4 is 17.2 Å². The van der Waals surface area contributed by atoms with Crippen LogP contribution < -0.4 is 4.80 Å². The zero-order valence-electron chi connectivity index (χ0n) is 14.4. The van der Waals surface area contributed by atoms with Crippen molar-refractivity contribution in [3.05, 3.63) is 15.4 Å². The maximum absolute atomic E-state index is 12.6. The van der Waals surface area contributed by atoms with E-state index in [-0.39, 0.29) is 11.8 Å². The van der Waals surface area contributed by atoms with Gasteiger partial charge in [0.2, 0.25) is 0 Å². The second-order valence-corrected chi connectivity index (χ2v) is 7.92. The van der Waals surface area contributed by atoms with Crippen molar-refractivity contribution < 1.29 is 9.53 Å². The molecule has 4 nitrogen and oxygen atoms in total. The van der Waals surface area contributed by atoms with Gasteiger partial charge in [0, 0.05) is 30.1 Å². The number of thiazole rings is 1. The number of carbonyl (C=O) groups excluding carboxylic acids is 1. The van der Waals surface area contributed by atoms with Crippen LogP contribution in [0.25, 0.3) is 0 Å². The number of ether oxygens (including phenoxy) is 1. The van der Waals surface area contributed by atoms with Gasteiger partial charge in [0.25, 0.3) is 5.91 Å². The number of nitrogens with zero attached hydrogens (tertiary/aromatic N) is 2. The van der Waals surface area contributed by atoms with Gasteiger partial charge in [-0.2, -0.15) is 4.99 Å². The Labute approximate surface area is 137 Å². The molecule has 0 unspecified atom stereocenters. The Balaban J connectivity index is 2.24. The zero-order chi connectivity index (χ0) is 16.3. The summed E-state index contributed by atoms with van der Waals surface area (Å²) in [5.74, 6) is 1.41. The van der Waals surface area contributed by atoms with E-state index >= 15 is 0 Å². The molecule has 1 fully saturated rings. The predicted molar refractivity (Wildman–Crippen MR) is 89.9 cm³/mol. The van der Waals surface area contributed by atoms with Crippen LogP contribution in [0, 0.1) is 31.6 Å². The molecule has 1 aromatic rings. The molecule has 0 bridgehead atoms. The van der Waals surface area contributed by atoms with E-state index in [1.54, 1.807) is 18.4 Å². The van der Waals surface area contributed by atoms with Gasteiger partial charge in [0.05, 0.1) is 6.61 Å². The van der Waals surface area contributed by atoms with Gasteiger partial charge in [-0.1, -0.05) is 13.8 Å². The van der Waals surface area contributed by atoms with Crippen molar-refractivity contribution in [1.29, 1.82) is 0 Å². The monoisotopic (exact) mass is 324 g/mol. The molecule has 22 heavy (non-hydrogen) atoms. The number of carbonyl (C=O) groups is 1. The fraction of sp³-hybridized carbons (Fsp3) is 0.765. The second-order valence-electron chi connectivity index (χ2n) is 6.74. The Kier molecular flexibility index (Phi) is 5.98. The Hall–Kier alpha value is -0.940. The van der Waals surface area contributed by atoms with Crippen molar-refractivity contribution in [2.45, 2.75) is 53.5 Å². The Bertz CT molecular complexity index is 578. The molecule has 2 rings (SSSR count). The smallest absolute Gasteiger partial charge is 0.251 e. The van der Waals surface area contributed by atoms with Gasteiger partial charge in [0.15, 0.2) is 4.80 Å². The Morgan fingerprint density at radius 3 is 2.50 bits per heavy atom. The van der Waals surface area contributed by atoms with Crippen LogP contribution in [0.3, 0.4) is 0 Å². The van der Waals surface area contributed by atoms with E-state index in [0.29, 0.717) is 18.4 Å². The topological polar surface area (TPSA) is 43.6 Å². The van der Waals surface area contributed by atoms with Crippen LogP contribution in [-0.2, 0) is 16.1 Å². The van der Waals surface area contributed by atoms with Gasteiger partial charge in [-0.15, -0.1) is 11.3 Å². The molecule has 5 heteroatoms. The first-order valence-electron chi connectivity index (χ1n) is 8.16. The maximum atomic E-state index is 12.6. The highest BCUT2D eigenvalue weighted by Gasteiger charge is 2.28. The first-order valence-corrected chi connectivity index (χ1v) is 8.98. The van der Waals surface area contributed by atoms with Gasteiger partial charge in [0.1, 0.15) is 0 Å². The van der Waals surface area contributed by atoms with Gasteiger partial charge in [-0.05, 0) is 44.9 Å². The molecular weight excluding hydrogens is 296 g/mol. The summed E-state index contributed by atoms with van der Waals surface area (Å²) in [4.78, 5) is 19.1. The molecule has 124 valence electrons. The van der Waals surface area contributed by atoms with Crippen molar-refractivity contribution in [3.63, 3.8) is 0 Å². The fourth-order valence-electron chi connectivity index (χ4n) is 3.46. The lowest BCUT2D eigenvalue weighted by Crippen LogP contribution is -2.27. The number of methoxy groups -OCH3 is 1. The normalized spacial score (nSPS) is 26.4. The largest absolute Gasteiger partial charge is 0.383 e. The van der Waals surface area contributed by atoms with E-state index in [2.05, 4.69) is 37.3 Å². The molecule has 3 atom stereocenters. The van der Waals surface area contributed by atoms with E-state index in [0.717, 1.165) is 24.2 Å². The molecule has 0 N–H and O–H groups in total. The number of aryl methyl sites for hydroxylation is 1. The van der Waals surface area contributed by atoms with Gasteiger partial charge < -0.3 is 9.30 Å². The van der Waals surface area contributed by atoms with Gasteiger partial charge >= 0.3 is 0 Å². The molecule has 1 saturated carbocycles. The zero-order valence-corrected chi connectivity index (χ0v) is 15.2. The summed E-state index contributed by atoms with van der Waals surface area (Å²) in [6, 6.07) is 0. The van der Waals surface area contributed by atoms with E-state index in [9.17, 15) is 4.79 Å². The van der Waals surface area contributed by atoms with Crippen LogP contribution >= 0.6 is 11.3 Å². The minimum Gasteiger partial charge on any atom is -0.383 e. The van der Waals surface area contributed by atoms with E-state index in [1.165, 1.54) is 17.0 Å². The number of hydrogen-bond donors (Lipinski definition) is 0. The van der Waals surface area contributed by atoms with Gasteiger partial charge in [-0.3, -0.25) is 4.79 Å². The lowest BCUT2D eigenvalue weighted by Gasteiger charge is -2.29. The third-order valence-corrected chi connectivity index (χ3v) is 5.74. The Morgan fingerprint density at radius 2 is 1.91 bits per heavy atom. The van der Waals surface area contributed by atoms with Gasteiger partial charge in [-0.25, -0.2) is 0 Å². The molecule has 1 aliphatic carbocycles. The summed E-state index contributed by atoms with van der Waals surface area (Å²) >= 11 is 1.61. The minimum absolute atomic E-state index is 0.0609. The van der Waals surface area contributed by atoms with Crippen molar-refractivity contribution in [3.8, 4) is 0 Å². The predicted octanol–water partition coefficient (Wildman–Crippen LogP) is 3.31. The summed E-state index contributed by atoms with van der Waals surface area (Å²) in [6.07, 6.45) is 3.19. The standard InChI is InChI=1S/C17H28N2O2S/c1-11-8-12(2)10-15(9-11)16(20)18-17-19(6-7-21-5)13(3)14(4)22-17/h11-12,15H,6-10H2,1-5H3/b18-17-/t11-,12+,15+. The molecular formula is C17H28N2O2S. The molecule has 1 aromatic heterocycles. The quantitative estimate of drug-likeness (QED) is 0.853. The second kappa shape index (κ2) is 7.55. The molecule has 1 amide bonds. The highest BCUT2D eigenvalue weighted by Crippen LogP contribution is 2.33. The molecule has 0 radical (unpaired) electrons. The number of amides is 1. The summed E-state index contributed by atoms with van der Waals surface area (Å²) in [5.41, 5.74) is 1.18. The van der Waals surface area contributed by atoms with Crippen LogP contribution in [0.5, 0.6) is 0 Å². The minimum atomic E-state index is 0.0609. The lowest BCUT2D eigenvalue weighted by molar-refractivity contribution is -0.123. The lowest BCUT2D eigenvalue weighted by atomic mass is 9.76. The van der Waals surface area contributed by atoms with E-state index in [4.69, 9.17) is 4.74 Å². The third-order valence-electron chi connectivity index (χ3n) is 4.64. The third kappa shape index (κ3) is 4.07. The van der Waals surface area contributed by atoms with E-state index in [1.807, 2.05) is 0 Å². The number of rotatable bonds is 4. The summed E-state index contributed by atoms with van der Waals surface area (Å²) < 4.78 is 7.28. The first kappa shape index (κ1) is 17.4. The number of hydrogen-bond acceptors (Lipinski definition) is 3. The van der Waals surface area contributed by atoms with Crippen LogP contribution in [0.1, 0.15) is 43.7 Å². The molecule has 1 heterocycles. The summed E-state index contributed by atoms with van der Waals surface area (Å²) in [7, 11) is 1.70. The SMILES string of the molecule is COCCn1c(C)c(C)s/c1=N\C(=O)[C@H]1C[C@H](C)C[C@H](C)C1. The number of aromatic nitrogens is 1. The summed E-state index contributed by atoms with van der Waals surface area (Å²) in [5, 5.41) is 0. The Morgan fingerprint density at radius 1 is 1.27 bits per heavy atom. The van der Waals surface area contributed by atoms with Crippen LogP contribution in [0.15, 0.2) is 4.99 Å². The molecule has 0 aromatic carbocycles. The van der Waals surface area contributed by atoms with Crippen LogP contribution in [0.4, 0.5) is 0 Å². The highest BCUT2D eigenvalue weighted by molar-refractivity contribution is 7.09. The average molecular weight is 324 g/mol. The molecule has 0 aliphatic heterocycles. The molecule has 0 saturated heterocycles. The van der Waals surface area contributed by atoms with Crippen molar-refractivity contribution in [2.24, 2.45) is 22.7 Å².